The summed E-state index contributed by atoms with van der Waals surface area (Å²) < 4.78 is 27.0. The number of rotatable bonds is 8. The first-order valence-electron chi connectivity index (χ1n) is 9.06. The zero-order valence-corrected chi connectivity index (χ0v) is 19.1. The van der Waals surface area contributed by atoms with Gasteiger partial charge in [0, 0.05) is 45.2 Å². The Kier molecular flexibility index (Phi) is 12.2. The molecule has 1 unspecified atom stereocenters. The van der Waals surface area contributed by atoms with Crippen molar-refractivity contribution in [2.75, 3.05) is 39.8 Å². The number of hydrogen-bond donors (Lipinski definition) is 1. The van der Waals surface area contributed by atoms with E-state index in [1.54, 1.807) is 16.8 Å². The predicted octanol–water partition coefficient (Wildman–Crippen LogP) is 3.45. The minimum Gasteiger partial charge on any atom is -0.357 e. The highest BCUT2D eigenvalue weighted by molar-refractivity contribution is 14.0. The van der Waals surface area contributed by atoms with Crippen molar-refractivity contribution in [3.05, 3.63) is 35.4 Å². The van der Waals surface area contributed by atoms with Crippen LogP contribution in [0.15, 0.2) is 23.2 Å². The topological polar surface area (TPSA) is 47.9 Å². The van der Waals surface area contributed by atoms with Gasteiger partial charge in [-0.15, -0.1) is 24.0 Å². The molecule has 0 spiro atoms. The molecule has 27 heavy (non-hydrogen) atoms. The number of carbonyl (C=O) groups excluding carboxylic acids is 1. The molecule has 1 atom stereocenters. The molecule has 1 N–H and O–H groups in total. The van der Waals surface area contributed by atoms with E-state index in [0.717, 1.165) is 6.07 Å². The van der Waals surface area contributed by atoms with Gasteiger partial charge in [-0.3, -0.25) is 9.79 Å². The molecule has 0 aliphatic heterocycles. The third kappa shape index (κ3) is 7.98. The molecule has 0 saturated carbocycles. The number of nitrogens with one attached hydrogen (secondary N) is 1. The van der Waals surface area contributed by atoms with Gasteiger partial charge in [-0.25, -0.2) is 8.78 Å². The van der Waals surface area contributed by atoms with Crippen molar-refractivity contribution in [2.45, 2.75) is 33.6 Å². The highest BCUT2D eigenvalue weighted by Gasteiger charge is 2.16. The van der Waals surface area contributed by atoms with Gasteiger partial charge in [0.15, 0.2) is 5.96 Å². The molecule has 0 bridgehead atoms. The lowest BCUT2D eigenvalue weighted by Crippen LogP contribution is -2.45. The highest BCUT2D eigenvalue weighted by Crippen LogP contribution is 2.20. The lowest BCUT2D eigenvalue weighted by molar-refractivity contribution is -0.131. The normalized spacial score (nSPS) is 12.2. The molecule has 0 heterocycles. The quantitative estimate of drug-likeness (QED) is 0.341. The summed E-state index contributed by atoms with van der Waals surface area (Å²) in [6.07, 6.45) is 0. The van der Waals surface area contributed by atoms with E-state index < -0.39 is 11.6 Å². The summed E-state index contributed by atoms with van der Waals surface area (Å²) in [5, 5.41) is 3.14. The van der Waals surface area contributed by atoms with Gasteiger partial charge < -0.3 is 15.1 Å². The van der Waals surface area contributed by atoms with Gasteiger partial charge in [-0.2, -0.15) is 0 Å². The van der Waals surface area contributed by atoms with Crippen LogP contribution in [0.25, 0.3) is 0 Å². The van der Waals surface area contributed by atoms with Crippen LogP contribution in [-0.4, -0.2) is 61.4 Å². The average molecular weight is 496 g/mol. The fourth-order valence-corrected chi connectivity index (χ4v) is 2.65. The number of halogens is 3. The lowest BCUT2D eigenvalue weighted by Gasteiger charge is -2.26. The fraction of sp³-hybridized carbons (Fsp3) is 0.579. The van der Waals surface area contributed by atoms with Gasteiger partial charge in [0.05, 0.1) is 6.54 Å². The number of nitrogens with zero attached hydrogens (tertiary/aromatic N) is 3. The van der Waals surface area contributed by atoms with Crippen molar-refractivity contribution in [3.63, 3.8) is 0 Å². The number of benzene rings is 1. The molecule has 0 aromatic heterocycles. The lowest BCUT2D eigenvalue weighted by atomic mass is 10.0. The highest BCUT2D eigenvalue weighted by atomic mass is 127. The minimum atomic E-state index is -0.593. The second-order valence-electron chi connectivity index (χ2n) is 6.18. The summed E-state index contributed by atoms with van der Waals surface area (Å²) in [5.41, 5.74) is 0.424. The molecule has 5 nitrogen and oxygen atoms in total. The van der Waals surface area contributed by atoms with Crippen molar-refractivity contribution < 1.29 is 13.6 Å². The molecular weight excluding hydrogens is 465 g/mol. The molecule has 0 saturated heterocycles. The van der Waals surface area contributed by atoms with Gasteiger partial charge in [-0.05, 0) is 32.4 Å². The Morgan fingerprint density at radius 2 is 1.85 bits per heavy atom. The van der Waals surface area contributed by atoms with Gasteiger partial charge in [0.2, 0.25) is 5.91 Å². The summed E-state index contributed by atoms with van der Waals surface area (Å²) in [5.74, 6) is -0.757. The van der Waals surface area contributed by atoms with E-state index in [-0.39, 0.29) is 42.3 Å². The minimum absolute atomic E-state index is 0. The smallest absolute Gasteiger partial charge is 0.242 e. The van der Waals surface area contributed by atoms with Crippen molar-refractivity contribution in [2.24, 2.45) is 4.99 Å². The van der Waals surface area contributed by atoms with Gasteiger partial charge in [0.1, 0.15) is 11.6 Å². The molecule has 0 aliphatic rings. The van der Waals surface area contributed by atoms with Crippen LogP contribution >= 0.6 is 24.0 Å². The van der Waals surface area contributed by atoms with E-state index in [1.807, 2.05) is 27.7 Å². The first-order chi connectivity index (χ1) is 12.3. The Morgan fingerprint density at radius 1 is 1.22 bits per heavy atom. The van der Waals surface area contributed by atoms with Crippen LogP contribution in [0.5, 0.6) is 0 Å². The zero-order valence-electron chi connectivity index (χ0n) is 16.8. The summed E-state index contributed by atoms with van der Waals surface area (Å²) in [6.45, 7) is 10.2. The van der Waals surface area contributed by atoms with Crippen LogP contribution in [0.4, 0.5) is 8.78 Å². The molecular formula is C19H31F2IN4O. The fourth-order valence-electron chi connectivity index (χ4n) is 2.65. The van der Waals surface area contributed by atoms with Gasteiger partial charge in [0.25, 0.3) is 0 Å². The molecule has 0 aliphatic carbocycles. The maximum Gasteiger partial charge on any atom is 0.242 e. The third-order valence-corrected chi connectivity index (χ3v) is 4.19. The van der Waals surface area contributed by atoms with E-state index in [9.17, 15) is 13.6 Å². The number of guanidine groups is 1. The Labute approximate surface area is 178 Å². The first-order valence-corrected chi connectivity index (χ1v) is 9.06. The second-order valence-corrected chi connectivity index (χ2v) is 6.18. The summed E-state index contributed by atoms with van der Waals surface area (Å²) in [4.78, 5) is 20.3. The molecule has 1 rings (SSSR count). The van der Waals surface area contributed by atoms with E-state index in [2.05, 4.69) is 10.3 Å². The summed E-state index contributed by atoms with van der Waals surface area (Å²) in [7, 11) is 1.80. The Morgan fingerprint density at radius 3 is 2.37 bits per heavy atom. The number of hydrogen-bond acceptors (Lipinski definition) is 2. The maximum absolute atomic E-state index is 13.9. The van der Waals surface area contributed by atoms with Crippen molar-refractivity contribution in [3.8, 4) is 0 Å². The summed E-state index contributed by atoms with van der Waals surface area (Å²) >= 11 is 0. The first kappa shape index (κ1) is 25.6. The Hall–Kier alpha value is -1.45. The second kappa shape index (κ2) is 12.9. The van der Waals surface area contributed by atoms with Crippen molar-refractivity contribution in [1.29, 1.82) is 0 Å². The molecule has 0 radical (unpaired) electrons. The maximum atomic E-state index is 13.9. The largest absolute Gasteiger partial charge is 0.357 e. The van der Waals surface area contributed by atoms with E-state index in [0.29, 0.717) is 37.7 Å². The monoisotopic (exact) mass is 496 g/mol. The number of aliphatic imine (C=N–C) groups is 1. The number of likely N-dealkylation sites (N-methyl/N-ethyl adjacent to an activating group) is 2. The molecule has 1 aromatic carbocycles. The predicted molar refractivity (Wildman–Crippen MR) is 117 cm³/mol. The molecule has 1 aromatic rings. The van der Waals surface area contributed by atoms with E-state index in [4.69, 9.17) is 0 Å². The van der Waals surface area contributed by atoms with Crippen LogP contribution in [0.1, 0.15) is 39.2 Å². The number of carbonyl (C=O) groups is 1. The molecule has 0 fully saturated rings. The van der Waals surface area contributed by atoms with Crippen LogP contribution in [-0.2, 0) is 4.79 Å². The standard InChI is InChI=1S/C19H30F2N4O.HI/c1-6-22-19(24(5)13-18(26)25(7-2)8-3)23-12-14(4)16-10-9-15(20)11-17(16)21;/h9-11,14H,6-8,12-13H2,1-5H3,(H,22,23);1H. The molecule has 8 heteroatoms. The van der Waals surface area contributed by atoms with E-state index >= 15 is 0 Å². The Bertz CT molecular complexity index is 624. The van der Waals surface area contributed by atoms with E-state index in [1.165, 1.54) is 12.1 Å². The van der Waals surface area contributed by atoms with Crippen LogP contribution in [0.3, 0.4) is 0 Å². The van der Waals surface area contributed by atoms with Crippen LogP contribution < -0.4 is 5.32 Å². The molecule has 1 amide bonds. The zero-order chi connectivity index (χ0) is 19.7. The third-order valence-electron chi connectivity index (χ3n) is 4.19. The van der Waals surface area contributed by atoms with Crippen LogP contribution in [0.2, 0.25) is 0 Å². The van der Waals surface area contributed by atoms with Gasteiger partial charge in [-0.1, -0.05) is 13.0 Å². The SMILES string of the molecule is CCNC(=NCC(C)c1ccc(F)cc1F)N(C)CC(=O)N(CC)CC.I. The average Bonchev–Trinajstić information content (AvgIpc) is 2.59. The van der Waals surface area contributed by atoms with Crippen molar-refractivity contribution in [1.82, 2.24) is 15.1 Å². The summed E-state index contributed by atoms with van der Waals surface area (Å²) in [6, 6.07) is 3.58. The Balaban J connectivity index is 0.00000676. The van der Waals surface area contributed by atoms with Crippen LogP contribution in [0, 0.1) is 11.6 Å². The number of amides is 1. The molecule has 154 valence electrons. The van der Waals surface area contributed by atoms with Gasteiger partial charge >= 0.3 is 0 Å². The van der Waals surface area contributed by atoms with Crippen molar-refractivity contribution >= 4 is 35.8 Å².